The number of nitrogens with two attached hydrogens (primary N) is 1. The lowest BCUT2D eigenvalue weighted by atomic mass is 9.96. The molecule has 1 unspecified atom stereocenters. The van der Waals surface area contributed by atoms with Crippen molar-refractivity contribution in [3.8, 4) is 10.4 Å². The van der Waals surface area contributed by atoms with Crippen molar-refractivity contribution in [3.63, 3.8) is 0 Å². The number of aromatic nitrogens is 2. The molecule has 0 bridgehead atoms. The van der Waals surface area contributed by atoms with Crippen LogP contribution >= 0.6 is 11.3 Å². The van der Waals surface area contributed by atoms with Gasteiger partial charge in [-0.1, -0.05) is 6.07 Å². The Kier molecular flexibility index (Phi) is 4.53. The molecular weight excluding hydrogens is 341 g/mol. The molecule has 0 spiro atoms. The maximum absolute atomic E-state index is 14.2. The van der Waals surface area contributed by atoms with E-state index in [-0.39, 0.29) is 17.7 Å². The number of primary amides is 1. The molecule has 0 aliphatic carbocycles. The minimum absolute atomic E-state index is 0.167. The van der Waals surface area contributed by atoms with Gasteiger partial charge in [-0.2, -0.15) is 0 Å². The Balaban J connectivity index is 2.08. The minimum Gasteiger partial charge on any atom is -0.387 e. The van der Waals surface area contributed by atoms with Crippen LogP contribution in [0.5, 0.6) is 0 Å². The zero-order chi connectivity index (χ0) is 18.2. The van der Waals surface area contributed by atoms with Gasteiger partial charge >= 0.3 is 0 Å². The van der Waals surface area contributed by atoms with Crippen molar-refractivity contribution in [1.82, 2.24) is 9.97 Å². The number of aliphatic hydroxyl groups is 1. The fourth-order valence-electron chi connectivity index (χ4n) is 2.52. The van der Waals surface area contributed by atoms with Gasteiger partial charge < -0.3 is 10.8 Å². The zero-order valence-electron chi connectivity index (χ0n) is 13.9. The molecule has 1 aromatic carbocycles. The topological polar surface area (TPSA) is 89.1 Å². The highest BCUT2D eigenvalue weighted by atomic mass is 32.1. The van der Waals surface area contributed by atoms with Crippen molar-refractivity contribution >= 4 is 28.1 Å². The van der Waals surface area contributed by atoms with Gasteiger partial charge in [0.15, 0.2) is 0 Å². The van der Waals surface area contributed by atoms with Crippen molar-refractivity contribution in [2.24, 2.45) is 5.73 Å². The number of hydrogen-bond acceptors (Lipinski definition) is 5. The quantitative estimate of drug-likeness (QED) is 0.732. The second-order valence-corrected chi connectivity index (χ2v) is 7.33. The minimum atomic E-state index is -1.56. The molecule has 3 N–H and O–H groups in total. The molecule has 2 aromatic heterocycles. The first-order valence-corrected chi connectivity index (χ1v) is 8.62. The lowest BCUT2D eigenvalue weighted by Gasteiger charge is -2.22. The highest BCUT2D eigenvalue weighted by molar-refractivity contribution is 7.13. The van der Waals surface area contributed by atoms with E-state index in [1.807, 2.05) is 18.2 Å². The molecule has 0 saturated heterocycles. The fourth-order valence-corrected chi connectivity index (χ4v) is 3.14. The first-order chi connectivity index (χ1) is 11.8. The van der Waals surface area contributed by atoms with Gasteiger partial charge in [0.25, 0.3) is 5.91 Å². The molecule has 130 valence electrons. The summed E-state index contributed by atoms with van der Waals surface area (Å²) in [6.07, 6.45) is 0.0144. The van der Waals surface area contributed by atoms with Crippen LogP contribution in [0.3, 0.4) is 0 Å². The molecule has 7 heteroatoms. The van der Waals surface area contributed by atoms with Crippen LogP contribution in [0.1, 0.15) is 29.9 Å². The average Bonchev–Trinajstić information content (AvgIpc) is 3.07. The number of amides is 1. The van der Waals surface area contributed by atoms with E-state index in [4.69, 9.17) is 5.73 Å². The summed E-state index contributed by atoms with van der Waals surface area (Å²) in [5, 5.41) is 10.5. The van der Waals surface area contributed by atoms with E-state index >= 15 is 0 Å². The van der Waals surface area contributed by atoms with E-state index in [2.05, 4.69) is 9.97 Å². The molecule has 1 atom stereocenters. The molecule has 25 heavy (non-hydrogen) atoms. The van der Waals surface area contributed by atoms with E-state index < -0.39 is 17.7 Å². The molecule has 0 aliphatic heterocycles. The Morgan fingerprint density at radius 2 is 2.16 bits per heavy atom. The van der Waals surface area contributed by atoms with Crippen molar-refractivity contribution < 1.29 is 14.3 Å². The second kappa shape index (κ2) is 6.50. The van der Waals surface area contributed by atoms with Crippen LogP contribution in [0.25, 0.3) is 21.3 Å². The van der Waals surface area contributed by atoms with Gasteiger partial charge in [-0.3, -0.25) is 14.8 Å². The first-order valence-electron chi connectivity index (χ1n) is 7.74. The first kappa shape index (κ1) is 17.4. The number of nitrogens with zero attached hydrogens (tertiary/aromatic N) is 2. The number of benzene rings is 1. The molecular formula is C18H18FN3O2S. The van der Waals surface area contributed by atoms with E-state index in [1.165, 1.54) is 25.2 Å². The van der Waals surface area contributed by atoms with E-state index in [1.54, 1.807) is 17.8 Å². The summed E-state index contributed by atoms with van der Waals surface area (Å²) in [4.78, 5) is 21.3. The molecule has 1 amide bonds. The third-order valence-electron chi connectivity index (χ3n) is 4.02. The summed E-state index contributed by atoms with van der Waals surface area (Å²) in [5.74, 6) is -0.671. The van der Waals surface area contributed by atoms with Crippen molar-refractivity contribution in [1.29, 1.82) is 0 Å². The van der Waals surface area contributed by atoms with E-state index in [9.17, 15) is 14.3 Å². The summed E-state index contributed by atoms with van der Waals surface area (Å²) in [6.45, 7) is 2.76. The zero-order valence-corrected chi connectivity index (χ0v) is 14.7. The second-order valence-electron chi connectivity index (χ2n) is 6.45. The monoisotopic (exact) mass is 359 g/mol. The number of halogens is 1. The van der Waals surface area contributed by atoms with Crippen LogP contribution in [0.4, 0.5) is 4.39 Å². The van der Waals surface area contributed by atoms with Crippen LogP contribution in [-0.2, 0) is 6.42 Å². The van der Waals surface area contributed by atoms with Gasteiger partial charge in [-0.15, -0.1) is 11.3 Å². The predicted octanol–water partition coefficient (Wildman–Crippen LogP) is 3.11. The van der Waals surface area contributed by atoms with Crippen LogP contribution < -0.4 is 5.73 Å². The fraction of sp³-hybridized carbons (Fsp3) is 0.278. The molecule has 0 aliphatic rings. The summed E-state index contributed by atoms with van der Waals surface area (Å²) in [7, 11) is 0. The standard InChI is InChI=1S/C18H18FN3O2S/c1-18(2,24)16(19)7-14-12(17(20)23)6-11-5-10(3-4-13(11)22-14)15-8-21-9-25-15/h3-6,8-9,16,24H,7H2,1-2H3,(H2,20,23). The molecule has 0 saturated carbocycles. The van der Waals surface area contributed by atoms with Gasteiger partial charge in [0.05, 0.1) is 32.8 Å². The summed E-state index contributed by atoms with van der Waals surface area (Å²) >= 11 is 1.51. The lowest BCUT2D eigenvalue weighted by molar-refractivity contribution is -0.00305. The largest absolute Gasteiger partial charge is 0.387 e. The SMILES string of the molecule is CC(C)(O)C(F)Cc1nc2ccc(-c3cncs3)cc2cc1C(N)=O. The maximum Gasteiger partial charge on any atom is 0.250 e. The number of carbonyl (C=O) groups excluding carboxylic acids is 1. The Hall–Kier alpha value is -2.38. The Morgan fingerprint density at radius 1 is 1.40 bits per heavy atom. The molecule has 3 aromatic rings. The Labute approximate surface area is 148 Å². The van der Waals surface area contributed by atoms with Gasteiger partial charge in [0.2, 0.25) is 0 Å². The smallest absolute Gasteiger partial charge is 0.250 e. The van der Waals surface area contributed by atoms with E-state index in [0.29, 0.717) is 5.52 Å². The van der Waals surface area contributed by atoms with E-state index in [0.717, 1.165) is 15.8 Å². The predicted molar refractivity (Wildman–Crippen MR) is 96.3 cm³/mol. The summed E-state index contributed by atoms with van der Waals surface area (Å²) in [6, 6.07) is 7.24. The maximum atomic E-state index is 14.2. The molecule has 0 radical (unpaired) electrons. The normalized spacial score (nSPS) is 13.1. The van der Waals surface area contributed by atoms with Crippen LogP contribution in [-0.4, -0.2) is 32.8 Å². The summed E-state index contributed by atoms with van der Waals surface area (Å²) < 4.78 is 14.2. The highest BCUT2D eigenvalue weighted by Crippen LogP contribution is 2.28. The average molecular weight is 359 g/mol. The molecule has 2 heterocycles. The Bertz CT molecular complexity index is 920. The van der Waals surface area contributed by atoms with Gasteiger partial charge in [0, 0.05) is 18.0 Å². The summed E-state index contributed by atoms with van der Waals surface area (Å²) in [5.41, 5.74) is 7.68. The number of fused-ring (bicyclic) bond motifs is 1. The number of carbonyl (C=O) groups is 1. The van der Waals surface area contributed by atoms with Crippen molar-refractivity contribution in [2.45, 2.75) is 32.0 Å². The number of thiazole rings is 1. The number of alkyl halides is 1. The van der Waals surface area contributed by atoms with Crippen molar-refractivity contribution in [3.05, 3.63) is 47.2 Å². The number of rotatable bonds is 5. The van der Waals surface area contributed by atoms with Crippen LogP contribution in [0.15, 0.2) is 36.0 Å². The number of pyridine rings is 1. The van der Waals surface area contributed by atoms with Gasteiger partial charge in [0.1, 0.15) is 6.17 Å². The molecule has 0 fully saturated rings. The third-order valence-corrected chi connectivity index (χ3v) is 4.84. The third kappa shape index (κ3) is 3.67. The van der Waals surface area contributed by atoms with Gasteiger partial charge in [-0.05, 0) is 37.6 Å². The van der Waals surface area contributed by atoms with Crippen LogP contribution in [0.2, 0.25) is 0 Å². The lowest BCUT2D eigenvalue weighted by Crippen LogP contribution is -2.35. The molecule has 3 rings (SSSR count). The van der Waals surface area contributed by atoms with Crippen LogP contribution in [0, 0.1) is 0 Å². The Morgan fingerprint density at radius 3 is 2.76 bits per heavy atom. The molecule has 5 nitrogen and oxygen atoms in total. The number of hydrogen-bond donors (Lipinski definition) is 2. The highest BCUT2D eigenvalue weighted by Gasteiger charge is 2.28. The van der Waals surface area contributed by atoms with Gasteiger partial charge in [-0.25, -0.2) is 4.39 Å². The van der Waals surface area contributed by atoms with Crippen molar-refractivity contribution in [2.75, 3.05) is 0 Å².